The van der Waals surface area contributed by atoms with Crippen molar-refractivity contribution >= 4 is 29.3 Å². The summed E-state index contributed by atoms with van der Waals surface area (Å²) in [5.41, 5.74) is 3.23. The van der Waals surface area contributed by atoms with Gasteiger partial charge in [0.2, 0.25) is 17.0 Å². The van der Waals surface area contributed by atoms with E-state index < -0.39 is 12.0 Å². The van der Waals surface area contributed by atoms with Gasteiger partial charge in [-0.05, 0) is 35.4 Å². The third-order valence-corrected chi connectivity index (χ3v) is 7.03. The lowest BCUT2D eigenvalue weighted by molar-refractivity contribution is -0.119. The van der Waals surface area contributed by atoms with Crippen LogP contribution >= 0.6 is 11.8 Å². The van der Waals surface area contributed by atoms with Crippen molar-refractivity contribution in [3.63, 3.8) is 0 Å². The van der Waals surface area contributed by atoms with Crippen molar-refractivity contribution in [3.05, 3.63) is 102 Å². The molecule has 0 saturated heterocycles. The topological polar surface area (TPSA) is 90.3 Å². The molecule has 4 aromatic rings. The van der Waals surface area contributed by atoms with E-state index in [1.54, 1.807) is 18.9 Å². The van der Waals surface area contributed by atoms with Gasteiger partial charge in [0.15, 0.2) is 11.5 Å². The highest BCUT2D eigenvalue weighted by atomic mass is 32.2. The number of ether oxygens (including phenoxy) is 2. The van der Waals surface area contributed by atoms with E-state index in [9.17, 15) is 4.79 Å². The van der Waals surface area contributed by atoms with E-state index in [-0.39, 0.29) is 5.91 Å². The number of hydrogen-bond acceptors (Lipinski definition) is 7. The smallest absolute Gasteiger partial charge is 0.235 e. The summed E-state index contributed by atoms with van der Waals surface area (Å²) in [4.78, 5) is 18.3. The highest BCUT2D eigenvalue weighted by molar-refractivity contribution is 7.98. The molecule has 1 aliphatic heterocycles. The van der Waals surface area contributed by atoms with Crippen LogP contribution in [0.3, 0.4) is 0 Å². The molecule has 2 heterocycles. The molecule has 8 nitrogen and oxygen atoms in total. The number of carbonyl (C=O) groups is 1. The number of amides is 1. The Morgan fingerprint density at radius 3 is 2.43 bits per heavy atom. The van der Waals surface area contributed by atoms with E-state index in [0.29, 0.717) is 34.0 Å². The van der Waals surface area contributed by atoms with E-state index in [4.69, 9.17) is 19.6 Å². The van der Waals surface area contributed by atoms with Gasteiger partial charge in [-0.2, -0.15) is 4.98 Å². The quantitative estimate of drug-likeness (QED) is 0.306. The second-order valence-electron chi connectivity index (χ2n) is 8.48. The fourth-order valence-corrected chi connectivity index (χ4v) is 5.12. The molecule has 0 radical (unpaired) electrons. The molecule has 0 fully saturated rings. The molecule has 0 aliphatic carbocycles. The van der Waals surface area contributed by atoms with Gasteiger partial charge in [0.1, 0.15) is 5.92 Å². The van der Waals surface area contributed by atoms with Crippen LogP contribution in [-0.2, 0) is 10.5 Å². The summed E-state index contributed by atoms with van der Waals surface area (Å²) in [5.74, 6) is 1.55. The van der Waals surface area contributed by atoms with Crippen LogP contribution in [0.5, 0.6) is 11.5 Å². The zero-order valence-electron chi connectivity index (χ0n) is 20.5. The summed E-state index contributed by atoms with van der Waals surface area (Å²) >= 11 is 1.53. The molecule has 1 amide bonds. The molecule has 0 bridgehead atoms. The zero-order valence-corrected chi connectivity index (χ0v) is 21.4. The number of nitrogens with zero attached hydrogens (tertiary/aromatic N) is 3. The first-order valence-electron chi connectivity index (χ1n) is 11.7. The molecule has 0 spiro atoms. The number of para-hydroxylation sites is 1. The third kappa shape index (κ3) is 5.17. The molecular weight excluding hydrogens is 486 g/mol. The fourth-order valence-electron chi connectivity index (χ4n) is 4.33. The predicted octanol–water partition coefficient (Wildman–Crippen LogP) is 5.37. The summed E-state index contributed by atoms with van der Waals surface area (Å²) in [5, 5.41) is 11.6. The summed E-state index contributed by atoms with van der Waals surface area (Å²) in [7, 11) is 3.17. The Morgan fingerprint density at radius 1 is 1.03 bits per heavy atom. The maximum absolute atomic E-state index is 13.6. The molecule has 5 rings (SSSR count). The molecule has 1 aliphatic rings. The van der Waals surface area contributed by atoms with E-state index in [1.807, 2.05) is 66.7 Å². The van der Waals surface area contributed by atoms with Crippen molar-refractivity contribution in [2.24, 2.45) is 5.92 Å². The number of rotatable bonds is 8. The maximum Gasteiger partial charge on any atom is 0.235 e. The Morgan fingerprint density at radius 2 is 1.73 bits per heavy atom. The number of fused-ring (bicyclic) bond motifs is 1. The minimum Gasteiger partial charge on any atom is -0.493 e. The van der Waals surface area contributed by atoms with Gasteiger partial charge in [0.25, 0.3) is 0 Å². The van der Waals surface area contributed by atoms with Crippen LogP contribution in [0.15, 0.2) is 96.3 Å². The van der Waals surface area contributed by atoms with Crippen LogP contribution in [0.2, 0.25) is 0 Å². The Labute approximate surface area is 219 Å². The number of nitrogens with one attached hydrogen (secondary N) is 2. The summed E-state index contributed by atoms with van der Waals surface area (Å²) < 4.78 is 12.7. The van der Waals surface area contributed by atoms with Gasteiger partial charge in [0.05, 0.1) is 20.3 Å². The van der Waals surface area contributed by atoms with Crippen LogP contribution in [0.4, 0.5) is 11.6 Å². The molecule has 9 heteroatoms. The van der Waals surface area contributed by atoms with Gasteiger partial charge in [-0.3, -0.25) is 4.79 Å². The minimum atomic E-state index is -0.667. The average Bonchev–Trinajstić information content (AvgIpc) is 3.34. The monoisotopic (exact) mass is 513 g/mol. The second-order valence-corrected chi connectivity index (χ2v) is 9.42. The van der Waals surface area contributed by atoms with Gasteiger partial charge >= 0.3 is 0 Å². The van der Waals surface area contributed by atoms with Crippen molar-refractivity contribution in [1.29, 1.82) is 0 Å². The van der Waals surface area contributed by atoms with Crippen LogP contribution in [-0.4, -0.2) is 34.9 Å². The van der Waals surface area contributed by atoms with Gasteiger partial charge in [-0.1, -0.05) is 72.9 Å². The molecule has 0 unspecified atom stereocenters. The van der Waals surface area contributed by atoms with Crippen molar-refractivity contribution in [3.8, 4) is 11.5 Å². The molecule has 1 aromatic heterocycles. The van der Waals surface area contributed by atoms with Gasteiger partial charge in [-0.25, -0.2) is 4.68 Å². The van der Waals surface area contributed by atoms with Crippen LogP contribution in [0, 0.1) is 5.92 Å². The first-order chi connectivity index (χ1) is 18.1. The minimum absolute atomic E-state index is 0.205. The van der Waals surface area contributed by atoms with Crippen molar-refractivity contribution < 1.29 is 14.3 Å². The lowest BCUT2D eigenvalue weighted by atomic mass is 9.88. The number of carbonyl (C=O) groups excluding carboxylic acids is 1. The van der Waals surface area contributed by atoms with E-state index in [2.05, 4.69) is 29.3 Å². The lowest BCUT2D eigenvalue weighted by Crippen LogP contribution is -2.39. The first-order valence-corrected chi connectivity index (χ1v) is 12.7. The third-order valence-electron chi connectivity index (χ3n) is 6.12. The van der Waals surface area contributed by atoms with Crippen LogP contribution < -0.4 is 20.1 Å². The highest BCUT2D eigenvalue weighted by Gasteiger charge is 2.40. The number of thioether (sulfide) groups is 1. The molecular formula is C28H27N5O3S. The second kappa shape index (κ2) is 10.8. The zero-order chi connectivity index (χ0) is 25.8. The molecule has 3 aromatic carbocycles. The average molecular weight is 514 g/mol. The summed E-state index contributed by atoms with van der Waals surface area (Å²) in [6.45, 7) is 4.20. The van der Waals surface area contributed by atoms with Crippen LogP contribution in [0.25, 0.3) is 0 Å². The Hall–Kier alpha value is -4.24. The SMILES string of the molecule is C=C1Nc2nc(SCc3ccccc3)nn2[C@H](c2ccc(OC)c(OC)c2)[C@H]1C(=O)Nc1ccccc1. The van der Waals surface area contributed by atoms with Crippen molar-refractivity contribution in [1.82, 2.24) is 14.8 Å². The van der Waals surface area contributed by atoms with Crippen molar-refractivity contribution in [2.75, 3.05) is 24.9 Å². The van der Waals surface area contributed by atoms with Gasteiger partial charge in [-0.15, -0.1) is 5.10 Å². The number of aromatic nitrogens is 3. The Balaban J connectivity index is 1.53. The molecule has 0 saturated carbocycles. The largest absolute Gasteiger partial charge is 0.493 e. The fraction of sp³-hybridized carbons (Fsp3) is 0.179. The van der Waals surface area contributed by atoms with Crippen LogP contribution in [0.1, 0.15) is 17.2 Å². The number of methoxy groups -OCH3 is 2. The highest BCUT2D eigenvalue weighted by Crippen LogP contribution is 2.41. The van der Waals surface area contributed by atoms with E-state index >= 15 is 0 Å². The predicted molar refractivity (Wildman–Crippen MR) is 145 cm³/mol. The van der Waals surface area contributed by atoms with Gasteiger partial charge < -0.3 is 20.1 Å². The first kappa shape index (κ1) is 24.5. The Bertz CT molecular complexity index is 1410. The summed E-state index contributed by atoms with van der Waals surface area (Å²) in [6.07, 6.45) is 0. The summed E-state index contributed by atoms with van der Waals surface area (Å²) in [6, 6.07) is 24.6. The number of anilines is 2. The number of benzene rings is 3. The molecule has 37 heavy (non-hydrogen) atoms. The van der Waals surface area contributed by atoms with Gasteiger partial charge in [0, 0.05) is 17.1 Å². The Kier molecular flexibility index (Phi) is 7.14. The normalized spacial score (nSPS) is 16.4. The number of hydrogen-bond donors (Lipinski definition) is 2. The molecule has 2 atom stereocenters. The maximum atomic E-state index is 13.6. The standard InChI is InChI=1S/C28H27N5O3S/c1-18-24(26(34)30-21-12-8-5-9-13-21)25(20-14-15-22(35-2)23(16-20)36-3)33-27(29-18)31-28(32-33)37-17-19-10-6-4-7-11-19/h4-16,24-25H,1,17H2,2-3H3,(H,30,34)(H,29,31,32)/t24-,25+/m0/s1. The van der Waals surface area contributed by atoms with E-state index in [1.165, 1.54) is 17.3 Å². The lowest BCUT2D eigenvalue weighted by Gasteiger charge is -2.34. The van der Waals surface area contributed by atoms with E-state index in [0.717, 1.165) is 11.3 Å². The molecule has 2 N–H and O–H groups in total. The van der Waals surface area contributed by atoms with Crippen molar-refractivity contribution in [2.45, 2.75) is 17.0 Å². The molecule has 188 valence electrons.